The van der Waals surface area contributed by atoms with Gasteiger partial charge in [-0.2, -0.15) is 0 Å². The Morgan fingerprint density at radius 1 is 1.60 bits per heavy atom. The number of carbonyl (C=O) groups excluding carboxylic acids is 1. The number of methoxy groups -OCH3 is 1. The maximum atomic E-state index is 11.3. The lowest BCUT2D eigenvalue weighted by Crippen LogP contribution is -2.42. The second-order valence-corrected chi connectivity index (χ2v) is 3.69. The molecule has 2 N–H and O–H groups in total. The van der Waals surface area contributed by atoms with Crippen molar-refractivity contribution >= 4 is 5.91 Å². The average Bonchev–Trinajstić information content (AvgIpc) is 2.61. The Kier molecular flexibility index (Phi) is 5.60. The number of hydrogen-bond donors (Lipinski definition) is 2. The highest BCUT2D eigenvalue weighted by Gasteiger charge is 2.23. The number of ether oxygens (including phenoxy) is 2. The molecule has 2 atom stereocenters. The zero-order valence-corrected chi connectivity index (χ0v) is 9.41. The van der Waals surface area contributed by atoms with E-state index < -0.39 is 0 Å². The Morgan fingerprint density at radius 2 is 2.40 bits per heavy atom. The van der Waals surface area contributed by atoms with Crippen molar-refractivity contribution in [3.8, 4) is 0 Å². The number of rotatable bonds is 6. The summed E-state index contributed by atoms with van der Waals surface area (Å²) in [5.41, 5.74) is 0. The molecular weight excluding hydrogens is 196 g/mol. The van der Waals surface area contributed by atoms with Crippen molar-refractivity contribution in [1.82, 2.24) is 10.6 Å². The van der Waals surface area contributed by atoms with Crippen molar-refractivity contribution in [2.75, 3.05) is 33.4 Å². The van der Waals surface area contributed by atoms with E-state index in [1.807, 2.05) is 6.92 Å². The molecule has 1 saturated heterocycles. The Labute approximate surface area is 90.5 Å². The Hall–Kier alpha value is -0.650. The molecule has 88 valence electrons. The molecule has 1 aliphatic heterocycles. The first kappa shape index (κ1) is 12.4. The van der Waals surface area contributed by atoms with E-state index in [2.05, 4.69) is 10.6 Å². The van der Waals surface area contributed by atoms with Gasteiger partial charge in [0, 0.05) is 26.3 Å². The van der Waals surface area contributed by atoms with Crippen LogP contribution >= 0.6 is 0 Å². The smallest absolute Gasteiger partial charge is 0.234 e. The SMILES string of the molecule is COCCNC(=O)CNC1CCOC1C. The molecule has 0 aromatic heterocycles. The molecule has 1 amide bonds. The fourth-order valence-corrected chi connectivity index (χ4v) is 1.58. The van der Waals surface area contributed by atoms with Crippen LogP contribution in [0.5, 0.6) is 0 Å². The monoisotopic (exact) mass is 216 g/mol. The van der Waals surface area contributed by atoms with Crippen molar-refractivity contribution in [2.24, 2.45) is 0 Å². The summed E-state index contributed by atoms with van der Waals surface area (Å²) >= 11 is 0. The van der Waals surface area contributed by atoms with Gasteiger partial charge >= 0.3 is 0 Å². The molecule has 5 heteroatoms. The van der Waals surface area contributed by atoms with Gasteiger partial charge in [0.05, 0.1) is 19.3 Å². The van der Waals surface area contributed by atoms with E-state index in [0.717, 1.165) is 13.0 Å². The minimum absolute atomic E-state index is 0.00569. The van der Waals surface area contributed by atoms with E-state index in [-0.39, 0.29) is 12.0 Å². The minimum Gasteiger partial charge on any atom is -0.383 e. The van der Waals surface area contributed by atoms with E-state index in [0.29, 0.717) is 25.7 Å². The third kappa shape index (κ3) is 4.59. The quantitative estimate of drug-likeness (QED) is 0.589. The summed E-state index contributed by atoms with van der Waals surface area (Å²) in [6, 6.07) is 0.304. The summed E-state index contributed by atoms with van der Waals surface area (Å²) < 4.78 is 10.2. The van der Waals surface area contributed by atoms with Crippen LogP contribution in [-0.2, 0) is 14.3 Å². The van der Waals surface area contributed by atoms with Gasteiger partial charge < -0.3 is 20.1 Å². The van der Waals surface area contributed by atoms with Gasteiger partial charge in [0.2, 0.25) is 5.91 Å². The third-order valence-electron chi connectivity index (χ3n) is 2.53. The molecule has 15 heavy (non-hydrogen) atoms. The number of hydrogen-bond acceptors (Lipinski definition) is 4. The van der Waals surface area contributed by atoms with E-state index in [4.69, 9.17) is 9.47 Å². The van der Waals surface area contributed by atoms with Crippen LogP contribution in [0.3, 0.4) is 0 Å². The van der Waals surface area contributed by atoms with E-state index in [1.165, 1.54) is 0 Å². The van der Waals surface area contributed by atoms with Crippen LogP contribution in [0.2, 0.25) is 0 Å². The van der Waals surface area contributed by atoms with Crippen LogP contribution in [0.25, 0.3) is 0 Å². The largest absolute Gasteiger partial charge is 0.383 e. The fraction of sp³-hybridized carbons (Fsp3) is 0.900. The summed E-state index contributed by atoms with van der Waals surface area (Å²) in [5.74, 6) is 0.00569. The first-order valence-electron chi connectivity index (χ1n) is 5.34. The van der Waals surface area contributed by atoms with Crippen LogP contribution in [0, 0.1) is 0 Å². The van der Waals surface area contributed by atoms with Crippen molar-refractivity contribution < 1.29 is 14.3 Å². The summed E-state index contributed by atoms with van der Waals surface area (Å²) in [6.07, 6.45) is 1.18. The highest BCUT2D eigenvalue weighted by Crippen LogP contribution is 2.11. The van der Waals surface area contributed by atoms with Crippen LogP contribution in [0.15, 0.2) is 0 Å². The summed E-state index contributed by atoms with van der Waals surface area (Å²) in [7, 11) is 1.61. The van der Waals surface area contributed by atoms with Crippen molar-refractivity contribution in [3.05, 3.63) is 0 Å². The van der Waals surface area contributed by atoms with Gasteiger partial charge in [-0.1, -0.05) is 0 Å². The Bertz CT molecular complexity index is 199. The Morgan fingerprint density at radius 3 is 3.00 bits per heavy atom. The highest BCUT2D eigenvalue weighted by molar-refractivity contribution is 5.77. The lowest BCUT2D eigenvalue weighted by atomic mass is 10.1. The van der Waals surface area contributed by atoms with E-state index >= 15 is 0 Å². The molecule has 5 nitrogen and oxygen atoms in total. The van der Waals surface area contributed by atoms with Crippen LogP contribution in [-0.4, -0.2) is 51.5 Å². The third-order valence-corrected chi connectivity index (χ3v) is 2.53. The molecule has 0 radical (unpaired) electrons. The van der Waals surface area contributed by atoms with E-state index in [1.54, 1.807) is 7.11 Å². The van der Waals surface area contributed by atoms with Crippen molar-refractivity contribution in [3.63, 3.8) is 0 Å². The lowest BCUT2D eigenvalue weighted by molar-refractivity contribution is -0.120. The second kappa shape index (κ2) is 6.76. The van der Waals surface area contributed by atoms with Gasteiger partial charge in [-0.15, -0.1) is 0 Å². The average molecular weight is 216 g/mol. The second-order valence-electron chi connectivity index (χ2n) is 3.69. The predicted octanol–water partition coefficient (Wildman–Crippen LogP) is -0.484. The molecule has 0 aliphatic carbocycles. The number of nitrogens with one attached hydrogen (secondary N) is 2. The molecule has 0 bridgehead atoms. The van der Waals surface area contributed by atoms with Gasteiger partial charge in [-0.3, -0.25) is 4.79 Å². The molecule has 0 aromatic carbocycles. The van der Waals surface area contributed by atoms with E-state index in [9.17, 15) is 4.79 Å². The predicted molar refractivity (Wildman–Crippen MR) is 56.7 cm³/mol. The first-order valence-corrected chi connectivity index (χ1v) is 5.34. The maximum Gasteiger partial charge on any atom is 0.234 e. The summed E-state index contributed by atoms with van der Waals surface area (Å²) in [4.78, 5) is 11.3. The first-order chi connectivity index (χ1) is 7.24. The molecule has 1 rings (SSSR count). The summed E-state index contributed by atoms with van der Waals surface area (Å²) in [5, 5.41) is 5.94. The zero-order chi connectivity index (χ0) is 11.1. The standard InChI is InChI=1S/C10H20N2O3/c1-8-9(3-5-15-8)12-7-10(13)11-4-6-14-2/h8-9,12H,3-7H2,1-2H3,(H,11,13). The Balaban J connectivity index is 2.05. The molecule has 1 fully saturated rings. The zero-order valence-electron chi connectivity index (χ0n) is 9.41. The molecular formula is C10H20N2O3. The summed E-state index contributed by atoms with van der Waals surface area (Å²) in [6.45, 7) is 4.27. The number of carbonyl (C=O) groups is 1. The minimum atomic E-state index is 0.00569. The van der Waals surface area contributed by atoms with Gasteiger partial charge in [-0.25, -0.2) is 0 Å². The maximum absolute atomic E-state index is 11.3. The number of amides is 1. The highest BCUT2D eigenvalue weighted by atomic mass is 16.5. The molecule has 0 spiro atoms. The lowest BCUT2D eigenvalue weighted by Gasteiger charge is -2.15. The molecule has 1 heterocycles. The van der Waals surface area contributed by atoms with Gasteiger partial charge in [0.25, 0.3) is 0 Å². The normalized spacial score (nSPS) is 25.5. The van der Waals surface area contributed by atoms with Crippen LogP contribution in [0.4, 0.5) is 0 Å². The topological polar surface area (TPSA) is 59.6 Å². The molecule has 0 aromatic rings. The van der Waals surface area contributed by atoms with Crippen LogP contribution in [0.1, 0.15) is 13.3 Å². The fourth-order valence-electron chi connectivity index (χ4n) is 1.58. The van der Waals surface area contributed by atoms with Crippen LogP contribution < -0.4 is 10.6 Å². The van der Waals surface area contributed by atoms with Gasteiger partial charge in [0.1, 0.15) is 0 Å². The van der Waals surface area contributed by atoms with Gasteiger partial charge in [0.15, 0.2) is 0 Å². The molecule has 1 aliphatic rings. The molecule has 2 unspecified atom stereocenters. The molecule has 0 saturated carbocycles. The van der Waals surface area contributed by atoms with Gasteiger partial charge in [-0.05, 0) is 13.3 Å². The van der Waals surface area contributed by atoms with Crippen molar-refractivity contribution in [1.29, 1.82) is 0 Å². The van der Waals surface area contributed by atoms with Crippen molar-refractivity contribution in [2.45, 2.75) is 25.5 Å².